The third kappa shape index (κ3) is 5.37. The Kier molecular flexibility index (Phi) is 6.58. The monoisotopic (exact) mass is 388 g/mol. The Bertz CT molecular complexity index is 741. The lowest BCUT2D eigenvalue weighted by atomic mass is 10.1. The van der Waals surface area contributed by atoms with Gasteiger partial charge in [0.25, 0.3) is 5.91 Å². The molecule has 5 nitrogen and oxygen atoms in total. The maximum absolute atomic E-state index is 12.4. The minimum absolute atomic E-state index is 0.0187. The maximum atomic E-state index is 12.4. The van der Waals surface area contributed by atoms with Crippen LogP contribution in [-0.2, 0) is 4.79 Å². The number of ether oxygens (including phenoxy) is 1. The van der Waals surface area contributed by atoms with E-state index >= 15 is 0 Å². The first kappa shape index (κ1) is 19.5. The molecule has 2 aromatic rings. The fraction of sp³-hybridized carbons (Fsp3) is 0.381. The van der Waals surface area contributed by atoms with E-state index in [-0.39, 0.29) is 11.9 Å². The van der Waals surface area contributed by atoms with E-state index in [1.807, 2.05) is 43.3 Å². The molecule has 0 spiro atoms. The van der Waals surface area contributed by atoms with Gasteiger partial charge in [0, 0.05) is 10.7 Å². The Morgan fingerprint density at radius 2 is 1.78 bits per heavy atom. The van der Waals surface area contributed by atoms with Crippen molar-refractivity contribution in [1.29, 1.82) is 0 Å². The topological polar surface area (TPSA) is 46.0 Å². The maximum Gasteiger partial charge on any atom is 0.275 e. The molecule has 0 radical (unpaired) electrons. The molecule has 1 aliphatic heterocycles. The van der Waals surface area contributed by atoms with Crippen molar-refractivity contribution < 1.29 is 14.4 Å². The van der Waals surface area contributed by atoms with Crippen molar-refractivity contribution in [3.05, 3.63) is 59.1 Å². The van der Waals surface area contributed by atoms with Gasteiger partial charge in [-0.3, -0.25) is 4.79 Å². The van der Waals surface area contributed by atoms with Crippen LogP contribution in [0.3, 0.4) is 0 Å². The van der Waals surface area contributed by atoms with E-state index in [2.05, 4.69) is 22.3 Å². The van der Waals surface area contributed by atoms with Crippen LogP contribution in [0.2, 0.25) is 5.02 Å². The molecular weight excluding hydrogens is 362 g/mol. The fourth-order valence-corrected chi connectivity index (χ4v) is 3.53. The molecule has 0 unspecified atom stereocenters. The number of nitrogens with zero attached hydrogens (tertiary/aromatic N) is 1. The second-order valence-electron chi connectivity index (χ2n) is 6.95. The second-order valence-corrected chi connectivity index (χ2v) is 7.39. The third-order valence-corrected chi connectivity index (χ3v) is 5.32. The fourth-order valence-electron chi connectivity index (χ4n) is 3.41. The summed E-state index contributed by atoms with van der Waals surface area (Å²) in [7, 11) is 1.68. The van der Waals surface area contributed by atoms with E-state index in [4.69, 9.17) is 16.3 Å². The standard InChI is InChI=1S/C21H26ClN3O2/c1-16(17-3-5-18(22)6-4-17)23-21(26)15-24-11-13-25(14-12-24)19-7-9-20(27-2)10-8-19/h3-10,16H,11-15H2,1-2H3,(H,23,26)/p+1/t16-/m1/s1. The van der Waals surface area contributed by atoms with Crippen molar-refractivity contribution >= 4 is 23.2 Å². The molecule has 1 aliphatic rings. The van der Waals surface area contributed by atoms with Gasteiger partial charge in [-0.25, -0.2) is 0 Å². The zero-order valence-electron chi connectivity index (χ0n) is 15.9. The third-order valence-electron chi connectivity index (χ3n) is 5.07. The highest BCUT2D eigenvalue weighted by Gasteiger charge is 2.23. The molecule has 6 heteroatoms. The first-order chi connectivity index (χ1) is 13.0. The number of methoxy groups -OCH3 is 1. The molecule has 1 saturated heterocycles. The van der Waals surface area contributed by atoms with Crippen LogP contribution in [-0.4, -0.2) is 45.7 Å². The summed E-state index contributed by atoms with van der Waals surface area (Å²) in [4.78, 5) is 16.1. The predicted molar refractivity (Wildman–Crippen MR) is 109 cm³/mol. The number of rotatable bonds is 6. The summed E-state index contributed by atoms with van der Waals surface area (Å²) in [5.74, 6) is 0.958. The van der Waals surface area contributed by atoms with E-state index < -0.39 is 0 Å². The molecule has 1 fully saturated rings. The number of quaternary nitrogens is 1. The summed E-state index contributed by atoms with van der Waals surface area (Å²) in [6.07, 6.45) is 0. The largest absolute Gasteiger partial charge is 0.497 e. The number of hydrogen-bond donors (Lipinski definition) is 2. The SMILES string of the molecule is COc1ccc(N2CC[NH+](CC(=O)N[C@H](C)c3ccc(Cl)cc3)CC2)cc1. The smallest absolute Gasteiger partial charge is 0.275 e. The number of carbonyl (C=O) groups excluding carboxylic acids is 1. The summed E-state index contributed by atoms with van der Waals surface area (Å²) >= 11 is 5.92. The lowest BCUT2D eigenvalue weighted by molar-refractivity contribution is -0.892. The number of benzene rings is 2. The van der Waals surface area contributed by atoms with Crippen LogP contribution in [0.4, 0.5) is 5.69 Å². The van der Waals surface area contributed by atoms with Crippen molar-refractivity contribution in [2.45, 2.75) is 13.0 Å². The predicted octanol–water partition coefficient (Wildman–Crippen LogP) is 1.93. The number of piperazine rings is 1. The van der Waals surface area contributed by atoms with Crippen LogP contribution in [0.15, 0.2) is 48.5 Å². The molecule has 0 aliphatic carbocycles. The summed E-state index contributed by atoms with van der Waals surface area (Å²) in [5, 5.41) is 3.79. The average molecular weight is 389 g/mol. The number of nitrogens with one attached hydrogen (secondary N) is 2. The molecule has 2 aromatic carbocycles. The normalized spacial score (nSPS) is 16.0. The Morgan fingerprint density at radius 3 is 2.37 bits per heavy atom. The van der Waals surface area contributed by atoms with E-state index in [1.54, 1.807) is 7.11 Å². The van der Waals surface area contributed by atoms with Gasteiger partial charge in [-0.05, 0) is 48.9 Å². The molecule has 0 saturated carbocycles. The number of anilines is 1. The quantitative estimate of drug-likeness (QED) is 0.795. The molecule has 1 atom stereocenters. The highest BCUT2D eigenvalue weighted by Crippen LogP contribution is 2.19. The summed E-state index contributed by atoms with van der Waals surface area (Å²) < 4.78 is 5.21. The summed E-state index contributed by atoms with van der Waals surface area (Å²) in [6.45, 7) is 6.30. The minimum atomic E-state index is -0.0187. The molecule has 27 heavy (non-hydrogen) atoms. The number of carbonyl (C=O) groups is 1. The van der Waals surface area contributed by atoms with Gasteiger partial charge in [0.2, 0.25) is 0 Å². The zero-order chi connectivity index (χ0) is 19.2. The second kappa shape index (κ2) is 9.11. The van der Waals surface area contributed by atoms with Gasteiger partial charge >= 0.3 is 0 Å². The van der Waals surface area contributed by atoms with Crippen molar-refractivity contribution in [2.24, 2.45) is 0 Å². The summed E-state index contributed by atoms with van der Waals surface area (Å²) in [5.41, 5.74) is 2.27. The Hall–Kier alpha value is -2.24. The zero-order valence-corrected chi connectivity index (χ0v) is 16.6. The van der Waals surface area contributed by atoms with Crippen LogP contribution in [0.25, 0.3) is 0 Å². The van der Waals surface area contributed by atoms with Crippen LogP contribution in [0, 0.1) is 0 Å². The van der Waals surface area contributed by atoms with Crippen LogP contribution >= 0.6 is 11.6 Å². The molecule has 3 rings (SSSR count). The van der Waals surface area contributed by atoms with Gasteiger partial charge in [-0.2, -0.15) is 0 Å². The minimum Gasteiger partial charge on any atom is -0.497 e. The molecule has 0 bridgehead atoms. The Labute approximate surface area is 165 Å². The van der Waals surface area contributed by atoms with E-state index in [0.29, 0.717) is 11.6 Å². The van der Waals surface area contributed by atoms with Crippen molar-refractivity contribution in [3.8, 4) is 5.75 Å². The van der Waals surface area contributed by atoms with Gasteiger partial charge in [0.15, 0.2) is 6.54 Å². The van der Waals surface area contributed by atoms with Gasteiger partial charge in [0.05, 0.1) is 39.3 Å². The van der Waals surface area contributed by atoms with E-state index in [9.17, 15) is 4.79 Å². The molecule has 0 aromatic heterocycles. The Balaban J connectivity index is 1.45. The highest BCUT2D eigenvalue weighted by atomic mass is 35.5. The van der Waals surface area contributed by atoms with Crippen molar-refractivity contribution in [3.63, 3.8) is 0 Å². The van der Waals surface area contributed by atoms with Gasteiger partial charge in [0.1, 0.15) is 5.75 Å². The molecular formula is C21H27ClN3O2+. The average Bonchev–Trinajstić information content (AvgIpc) is 2.69. The van der Waals surface area contributed by atoms with Gasteiger partial charge < -0.3 is 19.9 Å². The number of halogens is 1. The van der Waals surface area contributed by atoms with Gasteiger partial charge in [-0.1, -0.05) is 23.7 Å². The Morgan fingerprint density at radius 1 is 1.15 bits per heavy atom. The molecule has 144 valence electrons. The summed E-state index contributed by atoms with van der Waals surface area (Å²) in [6, 6.07) is 15.7. The highest BCUT2D eigenvalue weighted by molar-refractivity contribution is 6.30. The number of hydrogen-bond acceptors (Lipinski definition) is 3. The van der Waals surface area contributed by atoms with Crippen LogP contribution < -0.4 is 19.9 Å². The van der Waals surface area contributed by atoms with E-state index in [0.717, 1.165) is 37.5 Å². The first-order valence-electron chi connectivity index (χ1n) is 9.32. The lowest BCUT2D eigenvalue weighted by Crippen LogP contribution is -3.15. The lowest BCUT2D eigenvalue weighted by Gasteiger charge is -2.33. The van der Waals surface area contributed by atoms with Crippen molar-refractivity contribution in [2.75, 3.05) is 44.7 Å². The molecule has 2 N–H and O–H groups in total. The van der Waals surface area contributed by atoms with Crippen molar-refractivity contribution in [1.82, 2.24) is 5.32 Å². The first-order valence-corrected chi connectivity index (χ1v) is 9.70. The van der Waals surface area contributed by atoms with Gasteiger partial charge in [-0.15, -0.1) is 0 Å². The van der Waals surface area contributed by atoms with Crippen LogP contribution in [0.5, 0.6) is 5.75 Å². The number of amides is 1. The van der Waals surface area contributed by atoms with E-state index in [1.165, 1.54) is 10.6 Å². The molecule has 1 heterocycles. The van der Waals surface area contributed by atoms with Crippen LogP contribution in [0.1, 0.15) is 18.5 Å². The molecule has 1 amide bonds.